The number of alkyl halides is 2. The molecule has 1 aromatic rings. The van der Waals surface area contributed by atoms with Crippen molar-refractivity contribution in [3.8, 4) is 0 Å². The van der Waals surface area contributed by atoms with E-state index in [1.165, 1.54) is 0 Å². The van der Waals surface area contributed by atoms with Gasteiger partial charge >= 0.3 is 0 Å². The first-order valence-corrected chi connectivity index (χ1v) is 6.05. The molecular formula is C13H16F2N2. The Morgan fingerprint density at radius 2 is 2.00 bits per heavy atom. The van der Waals surface area contributed by atoms with E-state index in [1.54, 1.807) is 0 Å². The summed E-state index contributed by atoms with van der Waals surface area (Å²) in [4.78, 5) is 2.01. The summed E-state index contributed by atoms with van der Waals surface area (Å²) in [6, 6.07) is 7.50. The largest absolute Gasteiger partial charge is 0.397 e. The van der Waals surface area contributed by atoms with Crippen molar-refractivity contribution in [3.05, 3.63) is 24.3 Å². The molecule has 92 valence electrons. The molecule has 2 nitrogen and oxygen atoms in total. The molecule has 0 aromatic heterocycles. The predicted octanol–water partition coefficient (Wildman–Crippen LogP) is 2.75. The van der Waals surface area contributed by atoms with Crippen LogP contribution < -0.4 is 10.6 Å². The fourth-order valence-electron chi connectivity index (χ4n) is 3.18. The Balaban J connectivity index is 1.84. The van der Waals surface area contributed by atoms with E-state index in [0.717, 1.165) is 5.69 Å². The van der Waals surface area contributed by atoms with Crippen molar-refractivity contribution in [1.29, 1.82) is 0 Å². The molecule has 1 aromatic carbocycles. The first-order chi connectivity index (χ1) is 8.08. The molecule has 0 unspecified atom stereocenters. The minimum absolute atomic E-state index is 0.0560. The SMILES string of the molecule is Nc1ccccc1N1C[C@@H]2CCC(F)(F)[C@@H]2C1. The third kappa shape index (κ3) is 1.66. The molecule has 1 saturated carbocycles. The maximum absolute atomic E-state index is 13.6. The molecule has 2 fully saturated rings. The van der Waals surface area contributed by atoms with Crippen LogP contribution in [0, 0.1) is 11.8 Å². The molecule has 2 aliphatic rings. The van der Waals surface area contributed by atoms with Crippen molar-refractivity contribution < 1.29 is 8.78 Å². The zero-order valence-corrected chi connectivity index (χ0v) is 9.57. The number of hydrogen-bond acceptors (Lipinski definition) is 2. The molecule has 4 heteroatoms. The average molecular weight is 238 g/mol. The standard InChI is InChI=1S/C13H16F2N2/c14-13(15)6-5-9-7-17(8-10(9)13)12-4-2-1-3-11(12)16/h1-4,9-10H,5-8,16H2/t9-,10+/m0/s1. The van der Waals surface area contributed by atoms with Crippen molar-refractivity contribution in [2.75, 3.05) is 23.7 Å². The second-order valence-electron chi connectivity index (χ2n) is 5.13. The second-order valence-corrected chi connectivity index (χ2v) is 5.13. The van der Waals surface area contributed by atoms with E-state index < -0.39 is 11.8 Å². The molecule has 1 heterocycles. The molecule has 0 amide bonds. The molecule has 1 saturated heterocycles. The third-order valence-electron chi connectivity index (χ3n) is 4.11. The Morgan fingerprint density at radius 1 is 1.24 bits per heavy atom. The fourth-order valence-corrected chi connectivity index (χ4v) is 3.18. The zero-order chi connectivity index (χ0) is 12.0. The van der Waals surface area contributed by atoms with Gasteiger partial charge in [-0.2, -0.15) is 0 Å². The Morgan fingerprint density at radius 3 is 2.71 bits per heavy atom. The van der Waals surface area contributed by atoms with Crippen LogP contribution in [0.2, 0.25) is 0 Å². The Labute approximate surface area is 99.4 Å². The number of nitrogen functional groups attached to an aromatic ring is 1. The van der Waals surface area contributed by atoms with Crippen LogP contribution in [-0.4, -0.2) is 19.0 Å². The van der Waals surface area contributed by atoms with E-state index in [4.69, 9.17) is 5.73 Å². The molecule has 0 spiro atoms. The first-order valence-electron chi connectivity index (χ1n) is 6.05. The van der Waals surface area contributed by atoms with E-state index in [-0.39, 0.29) is 12.3 Å². The van der Waals surface area contributed by atoms with Gasteiger partial charge < -0.3 is 10.6 Å². The summed E-state index contributed by atoms with van der Waals surface area (Å²) in [6.45, 7) is 1.15. The van der Waals surface area contributed by atoms with Crippen LogP contribution in [0.5, 0.6) is 0 Å². The number of hydrogen-bond donors (Lipinski definition) is 1. The summed E-state index contributed by atoms with van der Waals surface area (Å²) in [5, 5.41) is 0. The number of rotatable bonds is 1. The summed E-state index contributed by atoms with van der Waals surface area (Å²) in [6.07, 6.45) is 0.696. The topological polar surface area (TPSA) is 29.3 Å². The van der Waals surface area contributed by atoms with Gasteiger partial charge in [-0.15, -0.1) is 0 Å². The van der Waals surface area contributed by atoms with Crippen molar-refractivity contribution in [2.24, 2.45) is 11.8 Å². The van der Waals surface area contributed by atoms with Gasteiger partial charge in [0.25, 0.3) is 5.92 Å². The van der Waals surface area contributed by atoms with Crippen LogP contribution in [0.15, 0.2) is 24.3 Å². The molecule has 1 aliphatic heterocycles. The van der Waals surface area contributed by atoms with E-state index in [2.05, 4.69) is 0 Å². The van der Waals surface area contributed by atoms with Crippen molar-refractivity contribution in [3.63, 3.8) is 0 Å². The lowest BCUT2D eigenvalue weighted by Crippen LogP contribution is -2.29. The van der Waals surface area contributed by atoms with Gasteiger partial charge in [-0.05, 0) is 24.5 Å². The Kier molecular flexibility index (Phi) is 2.28. The maximum Gasteiger partial charge on any atom is 0.252 e. The zero-order valence-electron chi connectivity index (χ0n) is 9.57. The summed E-state index contributed by atoms with van der Waals surface area (Å²) in [5.41, 5.74) is 7.47. The number of halogens is 2. The lowest BCUT2D eigenvalue weighted by atomic mass is 9.99. The number of fused-ring (bicyclic) bond motifs is 1. The molecular weight excluding hydrogens is 222 g/mol. The van der Waals surface area contributed by atoms with Crippen molar-refractivity contribution >= 4 is 11.4 Å². The predicted molar refractivity (Wildman–Crippen MR) is 64.2 cm³/mol. The van der Waals surface area contributed by atoms with Crippen LogP contribution >= 0.6 is 0 Å². The van der Waals surface area contributed by atoms with Gasteiger partial charge in [0.15, 0.2) is 0 Å². The lowest BCUT2D eigenvalue weighted by Gasteiger charge is -2.23. The van der Waals surface area contributed by atoms with Crippen LogP contribution in [0.25, 0.3) is 0 Å². The van der Waals surface area contributed by atoms with E-state index >= 15 is 0 Å². The molecule has 0 bridgehead atoms. The Bertz CT molecular complexity index is 433. The van der Waals surface area contributed by atoms with E-state index in [9.17, 15) is 8.78 Å². The average Bonchev–Trinajstić information content (AvgIpc) is 2.81. The van der Waals surface area contributed by atoms with Gasteiger partial charge in [0.2, 0.25) is 0 Å². The number of para-hydroxylation sites is 2. The van der Waals surface area contributed by atoms with Gasteiger partial charge in [-0.1, -0.05) is 12.1 Å². The van der Waals surface area contributed by atoms with Gasteiger partial charge in [-0.25, -0.2) is 8.78 Å². The smallest absolute Gasteiger partial charge is 0.252 e. The highest BCUT2D eigenvalue weighted by Gasteiger charge is 2.53. The molecule has 17 heavy (non-hydrogen) atoms. The first kappa shape index (κ1) is 10.8. The van der Waals surface area contributed by atoms with E-state index in [0.29, 0.717) is 25.2 Å². The maximum atomic E-state index is 13.6. The number of benzene rings is 1. The summed E-state index contributed by atoms with van der Waals surface area (Å²) < 4.78 is 27.3. The fraction of sp³-hybridized carbons (Fsp3) is 0.538. The number of nitrogens with two attached hydrogens (primary N) is 1. The quantitative estimate of drug-likeness (QED) is 0.762. The molecule has 1 aliphatic carbocycles. The van der Waals surface area contributed by atoms with Crippen LogP contribution in [0.3, 0.4) is 0 Å². The summed E-state index contributed by atoms with van der Waals surface area (Å²) in [5.74, 6) is -2.84. The molecule has 3 rings (SSSR count). The van der Waals surface area contributed by atoms with Crippen LogP contribution in [-0.2, 0) is 0 Å². The number of nitrogens with zero attached hydrogens (tertiary/aromatic N) is 1. The second kappa shape index (κ2) is 3.59. The Hall–Kier alpha value is -1.32. The van der Waals surface area contributed by atoms with Gasteiger partial charge in [0, 0.05) is 25.4 Å². The van der Waals surface area contributed by atoms with Crippen molar-refractivity contribution in [1.82, 2.24) is 0 Å². The monoisotopic (exact) mass is 238 g/mol. The van der Waals surface area contributed by atoms with Gasteiger partial charge in [0.1, 0.15) is 0 Å². The van der Waals surface area contributed by atoms with Crippen molar-refractivity contribution in [2.45, 2.75) is 18.8 Å². The highest BCUT2D eigenvalue weighted by molar-refractivity contribution is 5.67. The van der Waals surface area contributed by atoms with Gasteiger partial charge in [0.05, 0.1) is 11.4 Å². The highest BCUT2D eigenvalue weighted by Crippen LogP contribution is 2.49. The molecule has 2 N–H and O–H groups in total. The molecule has 0 radical (unpaired) electrons. The number of anilines is 2. The molecule has 2 atom stereocenters. The minimum Gasteiger partial charge on any atom is -0.397 e. The summed E-state index contributed by atoms with van der Waals surface area (Å²) >= 11 is 0. The van der Waals surface area contributed by atoms with E-state index in [1.807, 2.05) is 29.2 Å². The van der Waals surface area contributed by atoms with Gasteiger partial charge in [-0.3, -0.25) is 0 Å². The normalized spacial score (nSPS) is 30.6. The van der Waals surface area contributed by atoms with Crippen LogP contribution in [0.1, 0.15) is 12.8 Å². The minimum atomic E-state index is -2.48. The lowest BCUT2D eigenvalue weighted by molar-refractivity contribution is -0.0351. The highest BCUT2D eigenvalue weighted by atomic mass is 19.3. The van der Waals surface area contributed by atoms with Crippen LogP contribution in [0.4, 0.5) is 20.2 Å². The summed E-state index contributed by atoms with van der Waals surface area (Å²) in [7, 11) is 0. The third-order valence-corrected chi connectivity index (χ3v) is 4.11.